The van der Waals surface area contributed by atoms with E-state index in [1.807, 2.05) is 42.6 Å². The van der Waals surface area contributed by atoms with Gasteiger partial charge in [-0.25, -0.2) is 4.98 Å². The maximum Gasteiger partial charge on any atom is 0.307 e. The minimum Gasteiger partial charge on any atom is -0.481 e. The fourth-order valence-corrected chi connectivity index (χ4v) is 3.64. The maximum absolute atomic E-state index is 11.4. The highest BCUT2D eigenvalue weighted by Gasteiger charge is 2.26. The summed E-state index contributed by atoms with van der Waals surface area (Å²) in [7, 11) is 0. The fraction of sp³-hybridized carbons (Fsp3) is 0.300. The molecule has 1 fully saturated rings. The molecule has 5 nitrogen and oxygen atoms in total. The van der Waals surface area contributed by atoms with Crippen molar-refractivity contribution in [1.29, 1.82) is 0 Å². The van der Waals surface area contributed by atoms with E-state index in [0.717, 1.165) is 42.0 Å². The standard InChI is InChI=1S/C20H21N3O2/c24-20(25)16-9-6-11-22(13-16)14-17-19(15-7-2-1-3-8-15)21-18-10-4-5-12-23(17)18/h1-5,7-8,10,12,16H,6,9,11,13-14H2,(H,24,25). The van der Waals surface area contributed by atoms with Gasteiger partial charge in [-0.15, -0.1) is 0 Å². The molecule has 1 saturated heterocycles. The van der Waals surface area contributed by atoms with E-state index in [1.165, 1.54) is 0 Å². The summed E-state index contributed by atoms with van der Waals surface area (Å²) < 4.78 is 2.12. The van der Waals surface area contributed by atoms with Gasteiger partial charge in [0, 0.05) is 24.8 Å². The van der Waals surface area contributed by atoms with Gasteiger partial charge in [-0.3, -0.25) is 9.69 Å². The molecule has 0 aliphatic carbocycles. The van der Waals surface area contributed by atoms with Crippen LogP contribution in [0, 0.1) is 5.92 Å². The van der Waals surface area contributed by atoms with E-state index in [9.17, 15) is 9.90 Å². The quantitative estimate of drug-likeness (QED) is 0.795. The zero-order valence-electron chi connectivity index (χ0n) is 14.0. The molecule has 3 heterocycles. The molecule has 1 unspecified atom stereocenters. The van der Waals surface area contributed by atoms with E-state index in [0.29, 0.717) is 13.1 Å². The number of likely N-dealkylation sites (tertiary alicyclic amines) is 1. The van der Waals surface area contributed by atoms with Crippen LogP contribution in [0.2, 0.25) is 0 Å². The second-order valence-corrected chi connectivity index (χ2v) is 6.61. The highest BCUT2D eigenvalue weighted by molar-refractivity contribution is 5.70. The molecular formula is C20H21N3O2. The van der Waals surface area contributed by atoms with Crippen LogP contribution in [0.5, 0.6) is 0 Å². The maximum atomic E-state index is 11.4. The van der Waals surface area contributed by atoms with E-state index in [1.54, 1.807) is 0 Å². The van der Waals surface area contributed by atoms with Crippen LogP contribution in [-0.4, -0.2) is 38.4 Å². The highest BCUT2D eigenvalue weighted by Crippen LogP contribution is 2.27. The number of piperidine rings is 1. The lowest BCUT2D eigenvalue weighted by molar-refractivity contribution is -0.143. The van der Waals surface area contributed by atoms with Crippen molar-refractivity contribution in [3.8, 4) is 11.3 Å². The van der Waals surface area contributed by atoms with E-state index in [2.05, 4.69) is 21.4 Å². The largest absolute Gasteiger partial charge is 0.481 e. The fourth-order valence-electron chi connectivity index (χ4n) is 3.64. The number of carboxylic acids is 1. The van der Waals surface area contributed by atoms with Crippen molar-refractivity contribution in [1.82, 2.24) is 14.3 Å². The van der Waals surface area contributed by atoms with Crippen molar-refractivity contribution in [2.45, 2.75) is 19.4 Å². The van der Waals surface area contributed by atoms with Crippen molar-refractivity contribution in [2.24, 2.45) is 5.92 Å². The molecule has 0 saturated carbocycles. The van der Waals surface area contributed by atoms with Gasteiger partial charge in [0.1, 0.15) is 5.65 Å². The van der Waals surface area contributed by atoms with E-state index in [4.69, 9.17) is 4.98 Å². The lowest BCUT2D eigenvalue weighted by Crippen LogP contribution is -2.38. The molecule has 1 atom stereocenters. The first-order chi connectivity index (χ1) is 12.2. The smallest absolute Gasteiger partial charge is 0.307 e. The third-order valence-corrected chi connectivity index (χ3v) is 4.90. The minimum absolute atomic E-state index is 0.270. The molecule has 5 heteroatoms. The van der Waals surface area contributed by atoms with E-state index in [-0.39, 0.29) is 5.92 Å². The number of hydrogen-bond acceptors (Lipinski definition) is 3. The Kier molecular flexibility index (Phi) is 4.24. The molecule has 1 aliphatic rings. The summed E-state index contributed by atoms with van der Waals surface area (Å²) >= 11 is 0. The van der Waals surface area contributed by atoms with Crippen LogP contribution < -0.4 is 0 Å². The van der Waals surface area contributed by atoms with Gasteiger partial charge in [-0.05, 0) is 31.5 Å². The van der Waals surface area contributed by atoms with Gasteiger partial charge in [0.15, 0.2) is 0 Å². The van der Waals surface area contributed by atoms with Crippen molar-refractivity contribution in [2.75, 3.05) is 13.1 Å². The Morgan fingerprint density at radius 2 is 1.96 bits per heavy atom. The second-order valence-electron chi connectivity index (χ2n) is 6.61. The summed E-state index contributed by atoms with van der Waals surface area (Å²) in [6, 6.07) is 16.2. The molecule has 1 aliphatic heterocycles. The van der Waals surface area contributed by atoms with Gasteiger partial charge >= 0.3 is 5.97 Å². The summed E-state index contributed by atoms with van der Waals surface area (Å²) in [5.74, 6) is -0.959. The van der Waals surface area contributed by atoms with Crippen molar-refractivity contribution in [3.63, 3.8) is 0 Å². The van der Waals surface area contributed by atoms with E-state index >= 15 is 0 Å². The average molecular weight is 335 g/mol. The van der Waals surface area contributed by atoms with Gasteiger partial charge in [0.2, 0.25) is 0 Å². The first-order valence-corrected chi connectivity index (χ1v) is 8.69. The van der Waals surface area contributed by atoms with Gasteiger partial charge in [-0.2, -0.15) is 0 Å². The number of hydrogen-bond donors (Lipinski definition) is 1. The van der Waals surface area contributed by atoms with Gasteiger partial charge in [0.05, 0.1) is 17.3 Å². The molecule has 4 rings (SSSR count). The number of pyridine rings is 1. The Labute approximate surface area is 146 Å². The zero-order valence-corrected chi connectivity index (χ0v) is 14.0. The zero-order chi connectivity index (χ0) is 17.2. The first-order valence-electron chi connectivity index (χ1n) is 8.69. The van der Waals surface area contributed by atoms with Gasteiger partial charge in [0.25, 0.3) is 0 Å². The Morgan fingerprint density at radius 3 is 2.76 bits per heavy atom. The normalized spacial score (nSPS) is 18.5. The number of benzene rings is 1. The lowest BCUT2D eigenvalue weighted by Gasteiger charge is -2.30. The van der Waals surface area contributed by atoms with E-state index < -0.39 is 5.97 Å². The molecule has 0 amide bonds. The SMILES string of the molecule is O=C(O)C1CCCN(Cc2c(-c3ccccc3)nc3ccccn23)C1. The molecule has 1 N–H and O–H groups in total. The number of carbonyl (C=O) groups is 1. The molecule has 2 aromatic heterocycles. The van der Waals surface area contributed by atoms with Crippen molar-refractivity contribution < 1.29 is 9.90 Å². The van der Waals surface area contributed by atoms with Gasteiger partial charge in [-0.1, -0.05) is 36.4 Å². The molecule has 3 aromatic rings. The van der Waals surface area contributed by atoms with Crippen LogP contribution in [-0.2, 0) is 11.3 Å². The predicted octanol–water partition coefficient (Wildman–Crippen LogP) is 3.30. The average Bonchev–Trinajstić information content (AvgIpc) is 3.01. The molecular weight excluding hydrogens is 314 g/mol. The number of aromatic nitrogens is 2. The third-order valence-electron chi connectivity index (χ3n) is 4.90. The predicted molar refractivity (Wildman–Crippen MR) is 96.3 cm³/mol. The first kappa shape index (κ1) is 15.8. The molecule has 1 aromatic carbocycles. The van der Waals surface area contributed by atoms with Crippen LogP contribution in [0.1, 0.15) is 18.5 Å². The number of carboxylic acid groups (broad SMARTS) is 1. The molecule has 0 radical (unpaired) electrons. The van der Waals surface area contributed by atoms with Gasteiger partial charge < -0.3 is 9.51 Å². The van der Waals surface area contributed by atoms with Crippen LogP contribution >= 0.6 is 0 Å². The summed E-state index contributed by atoms with van der Waals surface area (Å²) in [6.07, 6.45) is 3.72. The Balaban J connectivity index is 1.72. The minimum atomic E-state index is -0.689. The van der Waals surface area contributed by atoms with Crippen LogP contribution in [0.25, 0.3) is 16.9 Å². The number of rotatable bonds is 4. The van der Waals surface area contributed by atoms with Crippen molar-refractivity contribution in [3.05, 3.63) is 60.4 Å². The van der Waals surface area contributed by atoms with Crippen LogP contribution in [0.15, 0.2) is 54.7 Å². The number of imidazole rings is 1. The lowest BCUT2D eigenvalue weighted by atomic mass is 9.98. The Bertz CT molecular complexity index is 888. The molecule has 128 valence electrons. The van der Waals surface area contributed by atoms with Crippen LogP contribution in [0.4, 0.5) is 0 Å². The molecule has 0 spiro atoms. The van der Waals surface area contributed by atoms with Crippen LogP contribution in [0.3, 0.4) is 0 Å². The third kappa shape index (κ3) is 3.15. The summed E-state index contributed by atoms with van der Waals surface area (Å²) in [6.45, 7) is 2.24. The number of aliphatic carboxylic acids is 1. The Morgan fingerprint density at radius 1 is 1.16 bits per heavy atom. The number of fused-ring (bicyclic) bond motifs is 1. The second kappa shape index (κ2) is 6.69. The number of nitrogens with zero attached hydrogens (tertiary/aromatic N) is 3. The topological polar surface area (TPSA) is 57.8 Å². The molecule has 0 bridgehead atoms. The Hall–Kier alpha value is -2.66. The summed E-state index contributed by atoms with van der Waals surface area (Å²) in [5.41, 5.74) is 4.10. The monoisotopic (exact) mass is 335 g/mol. The molecule has 25 heavy (non-hydrogen) atoms. The summed E-state index contributed by atoms with van der Waals surface area (Å²) in [4.78, 5) is 18.4. The highest BCUT2D eigenvalue weighted by atomic mass is 16.4. The van der Waals surface area contributed by atoms with Crippen molar-refractivity contribution >= 4 is 11.6 Å². The summed E-state index contributed by atoms with van der Waals surface area (Å²) in [5, 5.41) is 9.34.